The van der Waals surface area contributed by atoms with Crippen molar-refractivity contribution in [1.82, 2.24) is 15.2 Å². The maximum atomic E-state index is 4.77. The lowest BCUT2D eigenvalue weighted by Crippen LogP contribution is -2.55. The maximum Gasteiger partial charge on any atom is 0.0928 e. The van der Waals surface area contributed by atoms with Crippen molar-refractivity contribution in [3.05, 3.63) is 16.1 Å². The van der Waals surface area contributed by atoms with Gasteiger partial charge >= 0.3 is 0 Å². The standard InChI is InChI=1S/C15H27N3S/c1-4-7-15-17-13(11-19-15)10-18-9-12(5-2)16-8-14(18)6-3/h11-12,14,16H,4-10H2,1-3H3. The first kappa shape index (κ1) is 14.9. The molecule has 0 saturated carbocycles. The molecule has 2 unspecified atom stereocenters. The van der Waals surface area contributed by atoms with E-state index >= 15 is 0 Å². The SMILES string of the molecule is CCCc1nc(CN2CC(CC)NCC2CC)cs1. The summed E-state index contributed by atoms with van der Waals surface area (Å²) in [6.45, 7) is 10.1. The molecule has 1 N–H and O–H groups in total. The monoisotopic (exact) mass is 281 g/mol. The molecule has 1 aromatic heterocycles. The van der Waals surface area contributed by atoms with Gasteiger partial charge in [0.2, 0.25) is 0 Å². The first-order valence-corrected chi connectivity index (χ1v) is 8.55. The zero-order valence-corrected chi connectivity index (χ0v) is 13.3. The van der Waals surface area contributed by atoms with E-state index in [1.807, 2.05) is 11.3 Å². The van der Waals surface area contributed by atoms with Gasteiger partial charge in [-0.05, 0) is 25.7 Å². The molecule has 0 aromatic carbocycles. The van der Waals surface area contributed by atoms with Crippen LogP contribution in [0.5, 0.6) is 0 Å². The van der Waals surface area contributed by atoms with Crippen molar-refractivity contribution in [3.8, 4) is 0 Å². The highest BCUT2D eigenvalue weighted by molar-refractivity contribution is 7.09. The van der Waals surface area contributed by atoms with Crippen LogP contribution in [-0.4, -0.2) is 35.1 Å². The summed E-state index contributed by atoms with van der Waals surface area (Å²) in [7, 11) is 0. The second kappa shape index (κ2) is 7.36. The number of thiazole rings is 1. The fourth-order valence-electron chi connectivity index (χ4n) is 2.76. The molecule has 0 bridgehead atoms. The predicted octanol–water partition coefficient (Wildman–Crippen LogP) is 3.06. The van der Waals surface area contributed by atoms with E-state index in [0.717, 1.165) is 26.1 Å². The Kier molecular flexibility index (Phi) is 5.79. The molecule has 0 spiro atoms. The number of nitrogens with one attached hydrogen (secondary N) is 1. The van der Waals surface area contributed by atoms with Crippen LogP contribution < -0.4 is 5.32 Å². The highest BCUT2D eigenvalue weighted by Crippen LogP contribution is 2.18. The van der Waals surface area contributed by atoms with Gasteiger partial charge in [0, 0.05) is 37.1 Å². The number of hydrogen-bond acceptors (Lipinski definition) is 4. The second-order valence-electron chi connectivity index (χ2n) is 5.49. The minimum atomic E-state index is 0.650. The van der Waals surface area contributed by atoms with E-state index in [-0.39, 0.29) is 0 Å². The Labute approximate surface area is 121 Å². The minimum Gasteiger partial charge on any atom is -0.311 e. The molecule has 0 aliphatic carbocycles. The largest absolute Gasteiger partial charge is 0.311 e. The molecule has 2 rings (SSSR count). The van der Waals surface area contributed by atoms with Gasteiger partial charge in [-0.25, -0.2) is 4.98 Å². The number of piperazine rings is 1. The summed E-state index contributed by atoms with van der Waals surface area (Å²) in [4.78, 5) is 7.39. The molecule has 2 heterocycles. The number of aryl methyl sites for hydroxylation is 1. The normalized spacial score (nSPS) is 24.8. The zero-order chi connectivity index (χ0) is 13.7. The Hall–Kier alpha value is -0.450. The summed E-state index contributed by atoms with van der Waals surface area (Å²) in [6.07, 6.45) is 4.75. The van der Waals surface area contributed by atoms with Gasteiger partial charge in [-0.15, -0.1) is 11.3 Å². The molecule has 0 amide bonds. The van der Waals surface area contributed by atoms with Gasteiger partial charge in [-0.1, -0.05) is 20.8 Å². The lowest BCUT2D eigenvalue weighted by molar-refractivity contribution is 0.116. The molecule has 0 radical (unpaired) electrons. The van der Waals surface area contributed by atoms with Gasteiger partial charge in [0.15, 0.2) is 0 Å². The lowest BCUT2D eigenvalue weighted by atomic mass is 10.1. The predicted molar refractivity (Wildman–Crippen MR) is 82.7 cm³/mol. The van der Waals surface area contributed by atoms with E-state index in [2.05, 4.69) is 36.4 Å². The number of aromatic nitrogens is 1. The van der Waals surface area contributed by atoms with Gasteiger partial charge in [0.05, 0.1) is 10.7 Å². The van der Waals surface area contributed by atoms with E-state index in [4.69, 9.17) is 4.98 Å². The Morgan fingerprint density at radius 2 is 2.21 bits per heavy atom. The van der Waals surface area contributed by atoms with Crippen LogP contribution in [0.4, 0.5) is 0 Å². The molecule has 19 heavy (non-hydrogen) atoms. The molecular formula is C15H27N3S. The van der Waals surface area contributed by atoms with Gasteiger partial charge in [0.1, 0.15) is 0 Å². The molecule has 2 atom stereocenters. The van der Waals surface area contributed by atoms with Gasteiger partial charge in [-0.2, -0.15) is 0 Å². The third-order valence-electron chi connectivity index (χ3n) is 4.01. The fourth-order valence-corrected chi connectivity index (χ4v) is 3.65. The van der Waals surface area contributed by atoms with Crippen LogP contribution in [0, 0.1) is 0 Å². The van der Waals surface area contributed by atoms with Gasteiger partial charge in [0.25, 0.3) is 0 Å². The summed E-state index contributed by atoms with van der Waals surface area (Å²) in [5, 5.41) is 7.20. The average molecular weight is 281 g/mol. The molecular weight excluding hydrogens is 254 g/mol. The summed E-state index contributed by atoms with van der Waals surface area (Å²) in [6, 6.07) is 1.32. The van der Waals surface area contributed by atoms with Gasteiger partial charge in [-0.3, -0.25) is 4.90 Å². The molecule has 1 aromatic rings. The maximum absolute atomic E-state index is 4.77. The molecule has 4 heteroatoms. The Bertz CT molecular complexity index is 377. The highest BCUT2D eigenvalue weighted by atomic mass is 32.1. The van der Waals surface area contributed by atoms with E-state index in [1.54, 1.807) is 0 Å². The smallest absolute Gasteiger partial charge is 0.0928 e. The molecule has 1 fully saturated rings. The molecule has 108 valence electrons. The van der Waals surface area contributed by atoms with Gasteiger partial charge < -0.3 is 5.32 Å². The Balaban J connectivity index is 1.97. The molecule has 1 aliphatic heterocycles. The Morgan fingerprint density at radius 1 is 1.37 bits per heavy atom. The minimum absolute atomic E-state index is 0.650. The zero-order valence-electron chi connectivity index (χ0n) is 12.5. The van der Waals surface area contributed by atoms with Crippen molar-refractivity contribution in [2.24, 2.45) is 0 Å². The molecule has 1 aliphatic rings. The molecule has 1 saturated heterocycles. The third-order valence-corrected chi connectivity index (χ3v) is 4.96. The fraction of sp³-hybridized carbons (Fsp3) is 0.800. The average Bonchev–Trinajstić information content (AvgIpc) is 2.86. The first-order valence-electron chi connectivity index (χ1n) is 7.67. The Morgan fingerprint density at radius 3 is 2.89 bits per heavy atom. The number of nitrogens with zero attached hydrogens (tertiary/aromatic N) is 2. The number of hydrogen-bond donors (Lipinski definition) is 1. The van der Waals surface area contributed by atoms with Crippen LogP contribution >= 0.6 is 11.3 Å². The van der Waals surface area contributed by atoms with E-state index in [1.165, 1.54) is 30.0 Å². The quantitative estimate of drug-likeness (QED) is 0.868. The lowest BCUT2D eigenvalue weighted by Gasteiger charge is -2.39. The van der Waals surface area contributed by atoms with Crippen molar-refractivity contribution < 1.29 is 0 Å². The molecule has 3 nitrogen and oxygen atoms in total. The number of rotatable bonds is 6. The topological polar surface area (TPSA) is 28.2 Å². The summed E-state index contributed by atoms with van der Waals surface area (Å²) in [5.41, 5.74) is 1.27. The van der Waals surface area contributed by atoms with E-state index in [9.17, 15) is 0 Å². The second-order valence-corrected chi connectivity index (χ2v) is 6.43. The van der Waals surface area contributed by atoms with Crippen LogP contribution in [-0.2, 0) is 13.0 Å². The summed E-state index contributed by atoms with van der Waals surface area (Å²) in [5.74, 6) is 0. The van der Waals surface area contributed by atoms with E-state index < -0.39 is 0 Å². The van der Waals surface area contributed by atoms with Crippen molar-refractivity contribution in [3.63, 3.8) is 0 Å². The van der Waals surface area contributed by atoms with Crippen LogP contribution in [0.3, 0.4) is 0 Å². The summed E-state index contributed by atoms with van der Waals surface area (Å²) < 4.78 is 0. The van der Waals surface area contributed by atoms with Crippen molar-refractivity contribution in [2.45, 2.75) is 65.1 Å². The van der Waals surface area contributed by atoms with E-state index in [0.29, 0.717) is 12.1 Å². The summed E-state index contributed by atoms with van der Waals surface area (Å²) >= 11 is 1.82. The van der Waals surface area contributed by atoms with Crippen LogP contribution in [0.2, 0.25) is 0 Å². The van der Waals surface area contributed by atoms with Crippen molar-refractivity contribution in [1.29, 1.82) is 0 Å². The van der Waals surface area contributed by atoms with Crippen LogP contribution in [0.15, 0.2) is 5.38 Å². The van der Waals surface area contributed by atoms with Crippen molar-refractivity contribution >= 4 is 11.3 Å². The van der Waals surface area contributed by atoms with Crippen LogP contribution in [0.25, 0.3) is 0 Å². The van der Waals surface area contributed by atoms with Crippen LogP contribution in [0.1, 0.15) is 50.7 Å². The third kappa shape index (κ3) is 4.01. The van der Waals surface area contributed by atoms with Crippen molar-refractivity contribution in [2.75, 3.05) is 13.1 Å². The highest BCUT2D eigenvalue weighted by Gasteiger charge is 2.26. The first-order chi connectivity index (χ1) is 9.26.